The van der Waals surface area contributed by atoms with E-state index < -0.39 is 0 Å². The van der Waals surface area contributed by atoms with Gasteiger partial charge in [-0.25, -0.2) is 0 Å². The van der Waals surface area contributed by atoms with Crippen molar-refractivity contribution < 1.29 is 0 Å². The normalized spacial score (nSPS) is 13.0. The number of fused-ring (bicyclic) bond motifs is 1. The minimum atomic E-state index is 0.643. The maximum atomic E-state index is 2.33. The summed E-state index contributed by atoms with van der Waals surface area (Å²) in [5.41, 5.74) is 4.42. The van der Waals surface area contributed by atoms with Gasteiger partial charge in [0.15, 0.2) is 0 Å². The van der Waals surface area contributed by atoms with Gasteiger partial charge in [0.1, 0.15) is 0 Å². The molecule has 0 radical (unpaired) electrons. The summed E-state index contributed by atoms with van der Waals surface area (Å²) >= 11 is 0. The van der Waals surface area contributed by atoms with Crippen LogP contribution in [0.2, 0.25) is 0 Å². The molecule has 0 saturated carbocycles. The van der Waals surface area contributed by atoms with Crippen LogP contribution in [0.1, 0.15) is 42.9 Å². The number of hydrogen-bond acceptors (Lipinski definition) is 0. The number of rotatable bonds is 2. The second kappa shape index (κ2) is 4.29. The highest BCUT2D eigenvalue weighted by molar-refractivity contribution is 5.88. The van der Waals surface area contributed by atoms with E-state index in [1.54, 1.807) is 0 Å². The largest absolute Gasteiger partial charge is 0.0648 e. The van der Waals surface area contributed by atoms with Crippen molar-refractivity contribution >= 4 is 10.8 Å². The van der Waals surface area contributed by atoms with Crippen molar-refractivity contribution in [1.29, 1.82) is 0 Å². The monoisotopic (exact) mass is 212 g/mol. The van der Waals surface area contributed by atoms with Crippen LogP contribution in [0.15, 0.2) is 30.3 Å². The molecular formula is C16H20. The molecule has 0 fully saturated rings. The van der Waals surface area contributed by atoms with Crippen molar-refractivity contribution in [1.82, 2.24) is 0 Å². The summed E-state index contributed by atoms with van der Waals surface area (Å²) in [6.45, 7) is 9.06. The van der Waals surface area contributed by atoms with Gasteiger partial charge in [0, 0.05) is 0 Å². The Hall–Kier alpha value is -1.30. The molecule has 2 aromatic rings. The van der Waals surface area contributed by atoms with E-state index in [0.717, 1.165) is 0 Å². The molecule has 0 aliphatic rings. The lowest BCUT2D eigenvalue weighted by Crippen LogP contribution is -1.99. The van der Waals surface area contributed by atoms with E-state index in [2.05, 4.69) is 58.0 Å². The number of benzene rings is 2. The van der Waals surface area contributed by atoms with Crippen molar-refractivity contribution in [3.05, 3.63) is 47.0 Å². The Kier molecular flexibility index (Phi) is 3.00. The summed E-state index contributed by atoms with van der Waals surface area (Å²) in [4.78, 5) is 0. The first-order valence-electron chi connectivity index (χ1n) is 6.14. The molecule has 84 valence electrons. The standard InChI is InChI=1S/C16H20/c1-5-11(2)16-13(4)12(3)10-14-8-6-7-9-15(14)16/h6-11H,5H2,1-4H3. The molecule has 0 heterocycles. The second-order valence-corrected chi connectivity index (χ2v) is 4.76. The van der Waals surface area contributed by atoms with Crippen LogP contribution in [0.3, 0.4) is 0 Å². The summed E-state index contributed by atoms with van der Waals surface area (Å²) in [5.74, 6) is 0.643. The SMILES string of the molecule is CCC(C)c1c(C)c(C)cc2ccccc12. The summed E-state index contributed by atoms with van der Waals surface area (Å²) in [6.07, 6.45) is 1.20. The molecule has 1 atom stereocenters. The molecule has 0 bridgehead atoms. The fourth-order valence-electron chi connectivity index (χ4n) is 2.46. The van der Waals surface area contributed by atoms with Crippen LogP contribution < -0.4 is 0 Å². The third-order valence-corrected chi connectivity index (χ3v) is 3.72. The molecule has 0 heteroatoms. The first-order chi connectivity index (χ1) is 7.65. The Labute approximate surface area is 98.3 Å². The summed E-state index contributed by atoms with van der Waals surface area (Å²) < 4.78 is 0. The van der Waals surface area contributed by atoms with Crippen LogP contribution in [0.25, 0.3) is 10.8 Å². The molecule has 16 heavy (non-hydrogen) atoms. The van der Waals surface area contributed by atoms with E-state index in [1.807, 2.05) is 0 Å². The zero-order valence-electron chi connectivity index (χ0n) is 10.7. The number of aryl methyl sites for hydroxylation is 1. The molecule has 0 aromatic heterocycles. The zero-order valence-corrected chi connectivity index (χ0v) is 10.7. The predicted octanol–water partition coefficient (Wildman–Crippen LogP) is 4.97. The highest BCUT2D eigenvalue weighted by Crippen LogP contribution is 2.32. The molecule has 2 aromatic carbocycles. The fraction of sp³-hybridized carbons (Fsp3) is 0.375. The second-order valence-electron chi connectivity index (χ2n) is 4.76. The average Bonchev–Trinajstić information content (AvgIpc) is 2.30. The molecule has 0 amide bonds. The van der Waals surface area contributed by atoms with E-state index >= 15 is 0 Å². The molecule has 0 saturated heterocycles. The van der Waals surface area contributed by atoms with Crippen LogP contribution >= 0.6 is 0 Å². The minimum Gasteiger partial charge on any atom is -0.0648 e. The van der Waals surface area contributed by atoms with E-state index in [0.29, 0.717) is 5.92 Å². The van der Waals surface area contributed by atoms with E-state index in [9.17, 15) is 0 Å². The van der Waals surface area contributed by atoms with Crippen LogP contribution in [-0.4, -0.2) is 0 Å². The Morgan fingerprint density at radius 2 is 1.81 bits per heavy atom. The van der Waals surface area contributed by atoms with E-state index in [-0.39, 0.29) is 0 Å². The minimum absolute atomic E-state index is 0.643. The first kappa shape index (κ1) is 11.2. The quantitative estimate of drug-likeness (QED) is 0.659. The Morgan fingerprint density at radius 1 is 1.12 bits per heavy atom. The van der Waals surface area contributed by atoms with Gasteiger partial charge in [-0.1, -0.05) is 44.2 Å². The van der Waals surface area contributed by atoms with Gasteiger partial charge in [0.25, 0.3) is 0 Å². The molecule has 0 aliphatic heterocycles. The highest BCUT2D eigenvalue weighted by Gasteiger charge is 2.12. The molecule has 2 rings (SSSR count). The van der Waals surface area contributed by atoms with Gasteiger partial charge in [-0.15, -0.1) is 0 Å². The van der Waals surface area contributed by atoms with Crippen molar-refractivity contribution in [3.63, 3.8) is 0 Å². The van der Waals surface area contributed by atoms with Crippen molar-refractivity contribution in [2.24, 2.45) is 0 Å². The van der Waals surface area contributed by atoms with Gasteiger partial charge in [-0.3, -0.25) is 0 Å². The smallest absolute Gasteiger partial charge is 0.0146 e. The van der Waals surface area contributed by atoms with E-state index in [1.165, 1.54) is 33.9 Å². The fourth-order valence-corrected chi connectivity index (χ4v) is 2.46. The van der Waals surface area contributed by atoms with Crippen LogP contribution in [0.5, 0.6) is 0 Å². The maximum Gasteiger partial charge on any atom is -0.0146 e. The van der Waals surface area contributed by atoms with Crippen molar-refractivity contribution in [2.75, 3.05) is 0 Å². The summed E-state index contributed by atoms with van der Waals surface area (Å²) in [7, 11) is 0. The average molecular weight is 212 g/mol. The van der Waals surface area contributed by atoms with Crippen LogP contribution in [-0.2, 0) is 0 Å². The molecule has 0 nitrogen and oxygen atoms in total. The van der Waals surface area contributed by atoms with Crippen molar-refractivity contribution in [3.8, 4) is 0 Å². The summed E-state index contributed by atoms with van der Waals surface area (Å²) in [5, 5.41) is 2.81. The Morgan fingerprint density at radius 3 is 2.50 bits per heavy atom. The lowest BCUT2D eigenvalue weighted by molar-refractivity contribution is 0.733. The molecule has 1 unspecified atom stereocenters. The maximum absolute atomic E-state index is 2.33. The van der Waals surface area contributed by atoms with Crippen LogP contribution in [0, 0.1) is 13.8 Å². The van der Waals surface area contributed by atoms with Gasteiger partial charge in [-0.2, -0.15) is 0 Å². The van der Waals surface area contributed by atoms with Gasteiger partial charge in [0.2, 0.25) is 0 Å². The van der Waals surface area contributed by atoms with Gasteiger partial charge >= 0.3 is 0 Å². The molecular weight excluding hydrogens is 192 g/mol. The third-order valence-electron chi connectivity index (χ3n) is 3.72. The van der Waals surface area contributed by atoms with Gasteiger partial charge < -0.3 is 0 Å². The van der Waals surface area contributed by atoms with Crippen molar-refractivity contribution in [2.45, 2.75) is 40.0 Å². The van der Waals surface area contributed by atoms with E-state index in [4.69, 9.17) is 0 Å². The Balaban J connectivity index is 2.81. The predicted molar refractivity (Wildman–Crippen MR) is 72.1 cm³/mol. The van der Waals surface area contributed by atoms with Crippen LogP contribution in [0.4, 0.5) is 0 Å². The lowest BCUT2D eigenvalue weighted by atomic mass is 9.87. The Bertz CT molecular complexity index is 509. The molecule has 0 spiro atoms. The zero-order chi connectivity index (χ0) is 11.7. The first-order valence-corrected chi connectivity index (χ1v) is 6.14. The molecule has 0 aliphatic carbocycles. The number of hydrogen-bond donors (Lipinski definition) is 0. The highest BCUT2D eigenvalue weighted by atomic mass is 14.2. The third kappa shape index (κ3) is 1.73. The van der Waals surface area contributed by atoms with Gasteiger partial charge in [0.05, 0.1) is 0 Å². The molecule has 0 N–H and O–H groups in total. The lowest BCUT2D eigenvalue weighted by Gasteiger charge is -2.18. The summed E-state index contributed by atoms with van der Waals surface area (Å²) in [6, 6.07) is 11.0. The van der Waals surface area contributed by atoms with Gasteiger partial charge in [-0.05, 0) is 53.6 Å². The topological polar surface area (TPSA) is 0 Å².